The topological polar surface area (TPSA) is 154 Å². The Balaban J connectivity index is -0.0000000137. The maximum absolute atomic E-state index is 9.44. The molecule has 0 unspecified atom stereocenters. The third kappa shape index (κ3) is 5150. The normalized spacial score (nSPS) is 4.37. The van der Waals surface area contributed by atoms with E-state index in [9.17, 15) is 9.59 Å². The van der Waals surface area contributed by atoms with Gasteiger partial charge in [0.2, 0.25) is 0 Å². The van der Waals surface area contributed by atoms with Crippen molar-refractivity contribution in [2.75, 3.05) is 0 Å². The molecule has 0 aliphatic rings. The van der Waals surface area contributed by atoms with Gasteiger partial charge in [-0.15, -0.1) is 0 Å². The van der Waals surface area contributed by atoms with Crippen LogP contribution in [0.1, 0.15) is 159 Å². The first-order chi connectivity index (χ1) is 19.4. The van der Waals surface area contributed by atoms with E-state index in [2.05, 4.69) is 0 Å². The number of ketones is 2. The molecule has 0 saturated heterocycles. The van der Waals surface area contributed by atoms with Crippen molar-refractivity contribution >= 4 is 55.6 Å². The summed E-state index contributed by atoms with van der Waals surface area (Å²) in [6, 6.07) is 0. The highest BCUT2D eigenvalue weighted by molar-refractivity contribution is 5.72. The van der Waals surface area contributed by atoms with Gasteiger partial charge in [0.15, 0.2) is 0 Å². The first kappa shape index (κ1) is 98.3. The molecular weight excluding hydrogens is 528 g/mol. The van der Waals surface area contributed by atoms with E-state index < -0.39 is 0 Å². The van der Waals surface area contributed by atoms with Crippen molar-refractivity contribution in [3.8, 4) is 0 Å². The molecule has 0 amide bonds. The van der Waals surface area contributed by atoms with E-state index >= 15 is 0 Å². The molecule has 0 spiro atoms. The summed E-state index contributed by atoms with van der Waals surface area (Å²) in [5.41, 5.74) is 0. The maximum atomic E-state index is 9.44. The highest BCUT2D eigenvalue weighted by atomic mass is 16.1. The van der Waals surface area contributed by atoms with Crippen LogP contribution in [0.25, 0.3) is 0 Å². The first-order valence-electron chi connectivity index (χ1n) is 14.1. The van der Waals surface area contributed by atoms with Crippen molar-refractivity contribution in [1.29, 1.82) is 0 Å². The largest absolute Gasteiger partial charge is 0.304 e. The Labute approximate surface area is 258 Å². The second-order valence-electron chi connectivity index (χ2n) is 3.47. The number of aldehydes is 7. The highest BCUT2D eigenvalue weighted by Gasteiger charge is 1.62. The number of hydrogen-bond donors (Lipinski definition) is 0. The van der Waals surface area contributed by atoms with Gasteiger partial charge in [-0.1, -0.05) is 83.1 Å². The predicted octanol–water partition coefficient (Wildman–Crippen LogP) is 8.78. The van der Waals surface area contributed by atoms with Crippen LogP contribution in [-0.4, -0.2) is 55.6 Å². The van der Waals surface area contributed by atoms with Gasteiger partial charge in [-0.05, 0) is 76.2 Å². The lowest BCUT2D eigenvalue weighted by molar-refractivity contribution is -0.115. The molecule has 0 saturated carbocycles. The summed E-state index contributed by atoms with van der Waals surface area (Å²) in [7, 11) is 0. The Morgan fingerprint density at radius 1 is 0.268 bits per heavy atom. The van der Waals surface area contributed by atoms with Crippen molar-refractivity contribution in [2.45, 2.75) is 159 Å². The molecular formula is C32H76O9. The Bertz CT molecular complexity index is 263. The van der Waals surface area contributed by atoms with Gasteiger partial charge in [0, 0.05) is 0 Å². The van der Waals surface area contributed by atoms with Crippen LogP contribution in [0.4, 0.5) is 0 Å². The molecule has 0 aliphatic heterocycles. The van der Waals surface area contributed by atoms with Crippen LogP contribution < -0.4 is 0 Å². The lowest BCUT2D eigenvalue weighted by atomic mass is 10.6. The average Bonchev–Trinajstić information content (AvgIpc) is 2.93. The summed E-state index contributed by atoms with van der Waals surface area (Å²) in [6.45, 7) is 40.2. The minimum absolute atomic E-state index is 0.167. The number of Topliss-reactive ketones (excluding diaryl/α,β-unsaturated/α-hetero) is 2. The van der Waals surface area contributed by atoms with Gasteiger partial charge in [-0.3, -0.25) is 0 Å². The molecule has 9 nitrogen and oxygen atoms in total. The smallest absolute Gasteiger partial charge is 0.126 e. The summed E-state index contributed by atoms with van der Waals surface area (Å²) < 4.78 is 0. The Hall–Kier alpha value is -2.97. The number of rotatable bonds is 0. The predicted molar refractivity (Wildman–Crippen MR) is 183 cm³/mol. The fourth-order valence-electron chi connectivity index (χ4n) is 0. The van der Waals surface area contributed by atoms with Crippen molar-refractivity contribution in [1.82, 2.24) is 0 Å². The molecule has 0 heterocycles. The van der Waals surface area contributed by atoms with E-state index in [4.69, 9.17) is 33.6 Å². The molecule has 0 bridgehead atoms. The van der Waals surface area contributed by atoms with Gasteiger partial charge in [0.05, 0.1) is 0 Å². The van der Waals surface area contributed by atoms with E-state index in [1.165, 1.54) is 76.2 Å². The summed E-state index contributed by atoms with van der Waals surface area (Å²) in [5, 5.41) is 0. The minimum Gasteiger partial charge on any atom is -0.304 e. The summed E-state index contributed by atoms with van der Waals surface area (Å²) in [4.78, 5) is 80.5. The fourth-order valence-corrected chi connectivity index (χ4v) is 0. The zero-order chi connectivity index (χ0) is 38.1. The minimum atomic E-state index is 0.167. The molecule has 0 fully saturated rings. The molecule has 0 aromatic rings. The van der Waals surface area contributed by atoms with Crippen molar-refractivity contribution in [3.05, 3.63) is 0 Å². The van der Waals surface area contributed by atoms with E-state index in [0.29, 0.717) is 0 Å². The van der Waals surface area contributed by atoms with Crippen molar-refractivity contribution in [3.63, 3.8) is 0 Å². The van der Waals surface area contributed by atoms with E-state index in [-0.39, 0.29) is 11.6 Å². The van der Waals surface area contributed by atoms with Gasteiger partial charge in [-0.2, -0.15) is 0 Å². The van der Waals surface area contributed by atoms with Gasteiger partial charge >= 0.3 is 0 Å². The third-order valence-corrected chi connectivity index (χ3v) is 0. The van der Waals surface area contributed by atoms with Gasteiger partial charge in [-0.25, -0.2) is 0 Å². The van der Waals surface area contributed by atoms with Crippen LogP contribution in [0.5, 0.6) is 0 Å². The zero-order valence-electron chi connectivity index (χ0n) is 31.7. The molecule has 0 radical (unpaired) electrons. The monoisotopic (exact) mass is 605 g/mol. The zero-order valence-corrected chi connectivity index (χ0v) is 31.7. The molecule has 258 valence electrons. The summed E-state index contributed by atoms with van der Waals surface area (Å²) in [5.74, 6) is 0.333. The standard InChI is InChI=1S/2C3H6O.7C2H4O.6C2H6/c2*1-3(2)4;7*1-2-3;6*1-2/h2*1-2H3;7*2H,1H3;6*1-2H3. The molecule has 0 aromatic heterocycles. The second-order valence-corrected chi connectivity index (χ2v) is 3.47. The highest BCUT2D eigenvalue weighted by Crippen LogP contribution is 1.51. The van der Waals surface area contributed by atoms with Crippen LogP contribution in [-0.2, 0) is 43.2 Å². The Kier molecular flexibility index (Phi) is 1150. The number of carbonyl (C=O) groups excluding carboxylic acids is 9. The number of carbonyl (C=O) groups is 9. The summed E-state index contributed by atoms with van der Waals surface area (Å²) >= 11 is 0. The first-order valence-corrected chi connectivity index (χ1v) is 14.1. The van der Waals surface area contributed by atoms with Crippen molar-refractivity contribution < 1.29 is 43.2 Å². The van der Waals surface area contributed by atoms with Crippen LogP contribution in [0.3, 0.4) is 0 Å². The summed E-state index contributed by atoms with van der Waals surface area (Å²) in [6.07, 6.45) is 5.25. The molecule has 0 aromatic carbocycles. The van der Waals surface area contributed by atoms with Gasteiger partial charge < -0.3 is 43.2 Å². The molecule has 0 atom stereocenters. The van der Waals surface area contributed by atoms with E-state index in [1.807, 2.05) is 83.1 Å². The fraction of sp³-hybridized carbons (Fsp3) is 0.719. The number of hydrogen-bond acceptors (Lipinski definition) is 9. The molecule has 0 rings (SSSR count). The van der Waals surface area contributed by atoms with Crippen LogP contribution in [0, 0.1) is 0 Å². The quantitative estimate of drug-likeness (QED) is 0.247. The van der Waals surface area contributed by atoms with E-state index in [0.717, 1.165) is 44.0 Å². The lowest BCUT2D eigenvalue weighted by Gasteiger charge is -1.56. The van der Waals surface area contributed by atoms with Gasteiger partial charge in [0.1, 0.15) is 55.6 Å². The average molecular weight is 605 g/mol. The van der Waals surface area contributed by atoms with Crippen LogP contribution in [0.15, 0.2) is 0 Å². The third-order valence-electron chi connectivity index (χ3n) is 0. The van der Waals surface area contributed by atoms with E-state index in [1.54, 1.807) is 0 Å². The maximum Gasteiger partial charge on any atom is 0.126 e. The second kappa shape index (κ2) is 478. The SMILES string of the molecule is CC.CC.CC.CC.CC.CC.CC(C)=O.CC(C)=O.CC=O.CC=O.CC=O.CC=O.CC=O.CC=O.CC=O. The van der Waals surface area contributed by atoms with Crippen LogP contribution in [0.2, 0.25) is 0 Å². The Morgan fingerprint density at radius 3 is 0.268 bits per heavy atom. The van der Waals surface area contributed by atoms with Crippen molar-refractivity contribution in [2.24, 2.45) is 0 Å². The van der Waals surface area contributed by atoms with Gasteiger partial charge in [0.25, 0.3) is 0 Å². The molecule has 41 heavy (non-hydrogen) atoms. The molecule has 0 aliphatic carbocycles. The van der Waals surface area contributed by atoms with Crippen LogP contribution >= 0.6 is 0 Å². The Morgan fingerprint density at radius 2 is 0.268 bits per heavy atom. The molecule has 9 heteroatoms. The molecule has 0 N–H and O–H groups in total. The lowest BCUT2D eigenvalue weighted by Crippen LogP contribution is -1.69.